The number of nitrogens with two attached hydrogens (primary N) is 1. The van der Waals surface area contributed by atoms with Gasteiger partial charge in [-0.3, -0.25) is 53.6 Å². The number of Topliss-reactive ketones (excluding diaryl/α,β-unsaturated/α-hetero) is 2. The number of carboxylic acids is 5. The Morgan fingerprint density at radius 3 is 1.29 bits per heavy atom. The van der Waals surface area contributed by atoms with Crippen molar-refractivity contribution < 1.29 is 79.0 Å². The summed E-state index contributed by atoms with van der Waals surface area (Å²) in [5, 5.41) is 63.0. The number of likely N-dealkylation sites (N-methyl/N-ethyl adjacent to an activating group) is 2. The number of rotatable bonds is 29. The Bertz CT molecular complexity index is 3530. The third kappa shape index (κ3) is 22.9. The summed E-state index contributed by atoms with van der Waals surface area (Å²) in [5.74, 6) is -7.85. The highest BCUT2D eigenvalue weighted by molar-refractivity contribution is 5.98. The van der Waals surface area contributed by atoms with E-state index in [0.29, 0.717) is 35.6 Å². The van der Waals surface area contributed by atoms with Crippen molar-refractivity contribution in [2.24, 2.45) is 0 Å². The van der Waals surface area contributed by atoms with Crippen molar-refractivity contribution in [3.63, 3.8) is 0 Å². The molecule has 0 aliphatic rings. The first kappa shape index (κ1) is 69.5. The maximum absolute atomic E-state index is 12.6. The summed E-state index contributed by atoms with van der Waals surface area (Å²) >= 11 is 0. The molecule has 4 aromatic heterocycles. The van der Waals surface area contributed by atoms with Gasteiger partial charge in [0, 0.05) is 48.2 Å². The Kier molecular flexibility index (Phi) is 27.5. The molecule has 0 fully saturated rings. The summed E-state index contributed by atoms with van der Waals surface area (Å²) in [6, 6.07) is 8.34. The van der Waals surface area contributed by atoms with Gasteiger partial charge in [0.05, 0.1) is 42.9 Å². The number of nitrogen functional groups attached to an aromatic ring is 1. The van der Waals surface area contributed by atoms with Crippen LogP contribution in [-0.4, -0.2) is 168 Å². The lowest BCUT2D eigenvalue weighted by molar-refractivity contribution is -0.142. The molecule has 0 saturated heterocycles. The van der Waals surface area contributed by atoms with E-state index in [-0.39, 0.29) is 108 Å². The van der Waals surface area contributed by atoms with Crippen LogP contribution >= 0.6 is 0 Å². The van der Waals surface area contributed by atoms with Crippen molar-refractivity contribution in [3.8, 4) is 0 Å². The first-order valence-corrected chi connectivity index (χ1v) is 25.6. The summed E-state index contributed by atoms with van der Waals surface area (Å²) < 4.78 is 0. The number of aromatic nitrogens is 8. The number of aliphatic carboxylic acids is 5. The topological polar surface area (TPSA) is 557 Å². The van der Waals surface area contributed by atoms with Crippen LogP contribution in [0.4, 0.5) is 23.3 Å². The molecule has 34 heteroatoms. The van der Waals surface area contributed by atoms with E-state index in [1.54, 1.807) is 38.4 Å². The summed E-state index contributed by atoms with van der Waals surface area (Å²) in [4.78, 5) is 167. The van der Waals surface area contributed by atoms with Crippen molar-refractivity contribution in [2.45, 2.75) is 102 Å². The number of hydrogen-bond donors (Lipinski definition) is 15. The van der Waals surface area contributed by atoms with Crippen molar-refractivity contribution in [2.75, 3.05) is 35.8 Å². The molecule has 3 amide bonds. The van der Waals surface area contributed by atoms with E-state index in [4.69, 9.17) is 26.2 Å². The fourth-order valence-corrected chi connectivity index (χ4v) is 7.25. The summed E-state index contributed by atoms with van der Waals surface area (Å²) in [6.07, 6.45) is 2.76. The second-order valence-corrected chi connectivity index (χ2v) is 18.4. The number of ketones is 2. The van der Waals surface area contributed by atoms with Crippen molar-refractivity contribution in [3.05, 3.63) is 104 Å². The number of amides is 3. The van der Waals surface area contributed by atoms with E-state index < -0.39 is 89.3 Å². The quantitative estimate of drug-likeness (QED) is 0.0279. The molecule has 0 spiro atoms. The molecule has 4 atom stereocenters. The number of fused-ring (bicyclic) bond motifs is 2. The predicted molar refractivity (Wildman–Crippen MR) is 305 cm³/mol. The van der Waals surface area contributed by atoms with Crippen LogP contribution in [0.2, 0.25) is 0 Å². The SMILES string of the molecule is CNC(CCC(C)=O)C(=O)Nc1nc2ncc(CNc3ccc(C(=O)N[C@@H](CCC(=O)O)C(=O)O)cc3)nc2c(=O)[nH]1.CNC(CCC(C)=O)C(=O)O.Nc1nc2ncc(CNc3ccc(C(=O)N[C@@H](CCC(=O)O)C(=O)O)cc3)nc2c(=O)[nH]1.O. The third-order valence-corrected chi connectivity index (χ3v) is 11.8. The lowest BCUT2D eigenvalue weighted by Crippen LogP contribution is -2.41. The summed E-state index contributed by atoms with van der Waals surface area (Å²) in [5.41, 5.74) is 6.98. The molecule has 0 radical (unpaired) electrons. The van der Waals surface area contributed by atoms with E-state index in [2.05, 4.69) is 77.1 Å². The average molecular weight is 1200 g/mol. The van der Waals surface area contributed by atoms with E-state index in [0.717, 1.165) is 0 Å². The lowest BCUT2D eigenvalue weighted by Gasteiger charge is -2.14. The van der Waals surface area contributed by atoms with Crippen LogP contribution in [0.15, 0.2) is 70.5 Å². The smallest absolute Gasteiger partial charge is 0.326 e. The first-order valence-electron chi connectivity index (χ1n) is 25.6. The Balaban J connectivity index is 0.000000388. The maximum Gasteiger partial charge on any atom is 0.326 e. The third-order valence-electron chi connectivity index (χ3n) is 11.8. The molecular weight excluding hydrogens is 1140 g/mol. The lowest BCUT2D eigenvalue weighted by atomic mass is 10.1. The van der Waals surface area contributed by atoms with Crippen LogP contribution in [0.3, 0.4) is 0 Å². The van der Waals surface area contributed by atoms with Gasteiger partial charge in [0.2, 0.25) is 17.8 Å². The van der Waals surface area contributed by atoms with Crippen molar-refractivity contribution >= 4 is 105 Å². The second-order valence-electron chi connectivity index (χ2n) is 18.4. The second kappa shape index (κ2) is 34.0. The molecule has 0 aliphatic carbocycles. The molecule has 6 aromatic rings. The molecule has 34 nitrogen and oxygen atoms in total. The van der Waals surface area contributed by atoms with Gasteiger partial charge >= 0.3 is 29.8 Å². The first-order chi connectivity index (χ1) is 40.3. The molecule has 4 heterocycles. The van der Waals surface area contributed by atoms with Gasteiger partial charge in [-0.05, 0) is 102 Å². The number of nitrogens with zero attached hydrogens (tertiary/aromatic N) is 6. The van der Waals surface area contributed by atoms with Crippen molar-refractivity contribution in [1.82, 2.24) is 61.1 Å². The molecule has 86 heavy (non-hydrogen) atoms. The van der Waals surface area contributed by atoms with Gasteiger partial charge in [-0.25, -0.2) is 29.5 Å². The minimum Gasteiger partial charge on any atom is -0.481 e. The number of H-pyrrole nitrogens is 2. The molecule has 0 aliphatic heterocycles. The molecule has 0 bridgehead atoms. The van der Waals surface area contributed by atoms with E-state index in [1.807, 2.05) is 0 Å². The number of anilines is 4. The van der Waals surface area contributed by atoms with Crippen molar-refractivity contribution in [1.29, 1.82) is 0 Å². The molecule has 460 valence electrons. The molecule has 18 N–H and O–H groups in total. The highest BCUT2D eigenvalue weighted by Crippen LogP contribution is 2.15. The van der Waals surface area contributed by atoms with E-state index in [9.17, 15) is 62.6 Å². The average Bonchev–Trinajstić information content (AvgIpc) is 2.24. The number of carbonyl (C=O) groups is 10. The summed E-state index contributed by atoms with van der Waals surface area (Å²) in [6.45, 7) is 3.27. The summed E-state index contributed by atoms with van der Waals surface area (Å²) in [7, 11) is 3.15. The highest BCUT2D eigenvalue weighted by Gasteiger charge is 2.24. The van der Waals surface area contributed by atoms with Gasteiger partial charge in [0.25, 0.3) is 22.9 Å². The van der Waals surface area contributed by atoms with Crippen LogP contribution in [0.25, 0.3) is 22.3 Å². The van der Waals surface area contributed by atoms with E-state index in [1.165, 1.54) is 50.5 Å². The highest BCUT2D eigenvalue weighted by atomic mass is 16.4. The zero-order valence-corrected chi connectivity index (χ0v) is 46.5. The van der Waals surface area contributed by atoms with Gasteiger partial charge < -0.3 is 78.2 Å². The van der Waals surface area contributed by atoms with E-state index >= 15 is 0 Å². The van der Waals surface area contributed by atoms with Crippen LogP contribution in [0.5, 0.6) is 0 Å². The van der Waals surface area contributed by atoms with Crippen LogP contribution < -0.4 is 54.1 Å². The monoisotopic (exact) mass is 1200 g/mol. The van der Waals surface area contributed by atoms with Crippen LogP contribution in [-0.2, 0) is 51.4 Å². The Hall–Kier alpha value is -10.7. The van der Waals surface area contributed by atoms with Gasteiger partial charge in [-0.1, -0.05) is 0 Å². The zero-order chi connectivity index (χ0) is 62.9. The zero-order valence-electron chi connectivity index (χ0n) is 46.5. The molecular formula is C52H64N16O18. The maximum atomic E-state index is 12.6. The fraction of sp³-hybridized carbons (Fsp3) is 0.346. The normalized spacial score (nSPS) is 11.9. The standard InChI is InChI=1S/C26H30N8O8.C19H19N7O6.C7H13NO3.H2O/c1-13(35)3-8-17(27-2)23(39)33-26-32-21-20(24(40)34-26)30-16(12-29-21)11-28-15-6-4-14(5-7-15)22(38)31-18(25(41)42)9-10-19(36)37;20-19-25-15-14(17(30)26-19)23-11(8-22-15)7-21-10-3-1-9(2-4-10)16(29)24-12(18(31)32)5-6-13(27)28;1-5(9)3-4-6(8-2)7(10)11;/h4-7,12,17-18,27-28H,3,8-11H2,1-2H3,(H,31,38)(H,36,37)(H,41,42)(H2,29,32,33,34,39,40);1-4,8,12,21H,5-7H2,(H,24,29)(H,27,28)(H,31,32)(H3,20,22,25,26,30);6,8H,3-4H2,1-2H3,(H,10,11);1H2/t17?,18-;12-;;/m00../s1. The minimum atomic E-state index is -1.34. The Morgan fingerprint density at radius 2 is 0.907 bits per heavy atom. The number of carbonyl (C=O) groups excluding carboxylic acids is 5. The van der Waals surface area contributed by atoms with Gasteiger partial charge in [0.1, 0.15) is 29.7 Å². The van der Waals surface area contributed by atoms with Gasteiger partial charge in [0.15, 0.2) is 22.3 Å². The molecule has 6 rings (SSSR count). The van der Waals surface area contributed by atoms with Crippen LogP contribution in [0, 0.1) is 0 Å². The predicted octanol–water partition coefficient (Wildman–Crippen LogP) is -0.573. The molecule has 2 unspecified atom stereocenters. The fourth-order valence-electron chi connectivity index (χ4n) is 7.25. The number of benzene rings is 2. The number of nitrogens with one attached hydrogen (secondary N) is 9. The minimum absolute atomic E-state index is 0. The van der Waals surface area contributed by atoms with Gasteiger partial charge in [-0.15, -0.1) is 0 Å². The Labute approximate surface area is 486 Å². The molecule has 0 saturated carbocycles. The number of hydrogen-bond acceptors (Lipinski definition) is 23. The Morgan fingerprint density at radius 1 is 0.523 bits per heavy atom. The number of carboxylic acid groups (broad SMARTS) is 5. The van der Waals surface area contributed by atoms with Gasteiger partial charge in [-0.2, -0.15) is 9.97 Å². The number of aromatic amines is 2. The molecule has 2 aromatic carbocycles. The van der Waals surface area contributed by atoms with Crippen LogP contribution in [0.1, 0.15) is 97.3 Å². The largest absolute Gasteiger partial charge is 0.481 e.